The van der Waals surface area contributed by atoms with Gasteiger partial charge in [-0.15, -0.1) is 0 Å². The second kappa shape index (κ2) is 8.31. The summed E-state index contributed by atoms with van der Waals surface area (Å²) in [6.45, 7) is 3.91. The van der Waals surface area contributed by atoms with Crippen LogP contribution in [0.3, 0.4) is 0 Å². The van der Waals surface area contributed by atoms with E-state index in [1.54, 1.807) is 37.3 Å². The summed E-state index contributed by atoms with van der Waals surface area (Å²) in [5, 5.41) is 3.17. The Morgan fingerprint density at radius 3 is 2.52 bits per heavy atom. The Labute approximate surface area is 157 Å². The van der Waals surface area contributed by atoms with Gasteiger partial charge in [0.1, 0.15) is 0 Å². The van der Waals surface area contributed by atoms with Crippen LogP contribution >= 0.6 is 0 Å². The van der Waals surface area contributed by atoms with Crippen molar-refractivity contribution < 1.29 is 19.1 Å². The van der Waals surface area contributed by atoms with E-state index in [-0.39, 0.29) is 5.97 Å². The first kappa shape index (κ1) is 18.4. The molecular formula is C21H20N2O4. The van der Waals surface area contributed by atoms with E-state index in [1.165, 1.54) is 0 Å². The summed E-state index contributed by atoms with van der Waals surface area (Å²) in [6, 6.07) is 15.4. The summed E-state index contributed by atoms with van der Waals surface area (Å²) in [7, 11) is 0. The van der Waals surface area contributed by atoms with Crippen molar-refractivity contribution in [1.29, 1.82) is 0 Å². The molecule has 2 aromatic rings. The highest BCUT2D eigenvalue weighted by Gasteiger charge is 2.32. The maximum atomic E-state index is 12.3. The van der Waals surface area contributed by atoms with Crippen LogP contribution < -0.4 is 5.32 Å². The van der Waals surface area contributed by atoms with Crippen LogP contribution in [0.15, 0.2) is 71.4 Å². The molecule has 0 saturated carbocycles. The summed E-state index contributed by atoms with van der Waals surface area (Å²) in [4.78, 5) is 28.4. The Kier molecular flexibility index (Phi) is 5.66. The maximum absolute atomic E-state index is 12.3. The van der Waals surface area contributed by atoms with Gasteiger partial charge in [-0.1, -0.05) is 24.3 Å². The number of benzene rings is 2. The summed E-state index contributed by atoms with van der Waals surface area (Å²) in [6.07, 6.45) is 1.78. The van der Waals surface area contributed by atoms with Gasteiger partial charge >= 0.3 is 11.9 Å². The standard InChI is InChI=1S/C21H20N2O4/c1-3-17(22-16-12-10-15(11-13-16)20(24)26-4-2)18-21(25)27-19(23-18)14-8-6-5-7-9-14/h3,5-13,18,22H,4H2,1-2H3/b17-3+/t18-/m1/s1. The first-order valence-corrected chi connectivity index (χ1v) is 8.67. The molecule has 1 aliphatic heterocycles. The first-order chi connectivity index (χ1) is 13.1. The van der Waals surface area contributed by atoms with E-state index in [2.05, 4.69) is 10.3 Å². The van der Waals surface area contributed by atoms with E-state index in [4.69, 9.17) is 9.47 Å². The Hall–Kier alpha value is -3.41. The summed E-state index contributed by atoms with van der Waals surface area (Å²) in [5.41, 5.74) is 2.55. The number of anilines is 1. The summed E-state index contributed by atoms with van der Waals surface area (Å²) in [5.74, 6) is -0.492. The quantitative estimate of drug-likeness (QED) is 0.793. The van der Waals surface area contributed by atoms with Gasteiger partial charge in [0.2, 0.25) is 5.90 Å². The predicted molar refractivity (Wildman–Crippen MR) is 103 cm³/mol. The molecule has 27 heavy (non-hydrogen) atoms. The largest absolute Gasteiger partial charge is 0.462 e. The van der Waals surface area contributed by atoms with Gasteiger partial charge < -0.3 is 14.8 Å². The van der Waals surface area contributed by atoms with Gasteiger partial charge in [0, 0.05) is 16.9 Å². The number of esters is 2. The van der Waals surface area contributed by atoms with Crippen molar-refractivity contribution in [2.24, 2.45) is 4.99 Å². The Morgan fingerprint density at radius 2 is 1.89 bits per heavy atom. The molecule has 6 nitrogen and oxygen atoms in total. The number of nitrogens with one attached hydrogen (secondary N) is 1. The molecule has 0 amide bonds. The van der Waals surface area contributed by atoms with E-state index in [0.717, 1.165) is 11.3 Å². The molecule has 0 radical (unpaired) electrons. The molecule has 1 heterocycles. The van der Waals surface area contributed by atoms with E-state index >= 15 is 0 Å². The minimum absolute atomic E-state index is 0.310. The molecule has 0 spiro atoms. The lowest BCUT2D eigenvalue weighted by Crippen LogP contribution is -2.22. The second-order valence-corrected chi connectivity index (χ2v) is 5.79. The van der Waals surface area contributed by atoms with Crippen LogP contribution in [0, 0.1) is 0 Å². The predicted octanol–water partition coefficient (Wildman–Crippen LogP) is 3.55. The molecule has 0 unspecified atom stereocenters. The van der Waals surface area contributed by atoms with Gasteiger partial charge in [-0.05, 0) is 50.2 Å². The lowest BCUT2D eigenvalue weighted by molar-refractivity contribution is -0.134. The molecule has 138 valence electrons. The zero-order valence-electron chi connectivity index (χ0n) is 15.1. The van der Waals surface area contributed by atoms with Gasteiger partial charge in [0.05, 0.1) is 12.2 Å². The van der Waals surface area contributed by atoms with Crippen molar-refractivity contribution in [3.8, 4) is 0 Å². The highest BCUT2D eigenvalue weighted by molar-refractivity contribution is 6.07. The number of aliphatic imine (C=N–C) groups is 1. The normalized spacial score (nSPS) is 16.5. The molecule has 1 N–H and O–H groups in total. The smallest absolute Gasteiger partial charge is 0.343 e. The molecular weight excluding hydrogens is 344 g/mol. The molecule has 0 bridgehead atoms. The van der Waals surface area contributed by atoms with Crippen molar-refractivity contribution in [2.75, 3.05) is 11.9 Å². The monoisotopic (exact) mass is 364 g/mol. The number of carbonyl (C=O) groups excluding carboxylic acids is 2. The molecule has 0 aromatic heterocycles. The van der Waals surface area contributed by atoms with Crippen molar-refractivity contribution in [1.82, 2.24) is 0 Å². The zero-order valence-corrected chi connectivity index (χ0v) is 15.1. The van der Waals surface area contributed by atoms with E-state index < -0.39 is 12.0 Å². The van der Waals surface area contributed by atoms with E-state index in [1.807, 2.05) is 37.3 Å². The van der Waals surface area contributed by atoms with E-state index in [0.29, 0.717) is 23.8 Å². The highest BCUT2D eigenvalue weighted by atomic mass is 16.6. The molecule has 2 aromatic carbocycles. The van der Waals surface area contributed by atoms with Crippen molar-refractivity contribution in [3.63, 3.8) is 0 Å². The molecule has 1 aliphatic rings. The first-order valence-electron chi connectivity index (χ1n) is 8.67. The van der Waals surface area contributed by atoms with Crippen LogP contribution in [0.1, 0.15) is 29.8 Å². The zero-order chi connectivity index (χ0) is 19.2. The van der Waals surface area contributed by atoms with Crippen LogP contribution in [0.25, 0.3) is 0 Å². The second-order valence-electron chi connectivity index (χ2n) is 5.79. The minimum Gasteiger partial charge on any atom is -0.462 e. The van der Waals surface area contributed by atoms with E-state index in [9.17, 15) is 9.59 Å². The topological polar surface area (TPSA) is 77.0 Å². The molecule has 0 fully saturated rings. The number of rotatable bonds is 6. The number of hydrogen-bond donors (Lipinski definition) is 1. The van der Waals surface area contributed by atoms with Gasteiger partial charge in [-0.2, -0.15) is 0 Å². The Balaban J connectivity index is 1.75. The van der Waals surface area contributed by atoms with Crippen LogP contribution in [0.2, 0.25) is 0 Å². The van der Waals surface area contributed by atoms with Gasteiger partial charge in [0.25, 0.3) is 0 Å². The number of hydrogen-bond acceptors (Lipinski definition) is 6. The van der Waals surface area contributed by atoms with Crippen LogP contribution in [-0.2, 0) is 14.3 Å². The summed E-state index contributed by atoms with van der Waals surface area (Å²) >= 11 is 0. The lowest BCUT2D eigenvalue weighted by Gasteiger charge is -2.13. The Bertz CT molecular complexity index is 886. The third-order valence-electron chi connectivity index (χ3n) is 3.98. The number of allylic oxidation sites excluding steroid dienone is 1. The van der Waals surface area contributed by atoms with Crippen molar-refractivity contribution in [3.05, 3.63) is 77.5 Å². The third kappa shape index (κ3) is 4.23. The molecule has 0 aliphatic carbocycles. The lowest BCUT2D eigenvalue weighted by atomic mass is 10.1. The molecule has 0 saturated heterocycles. The fraction of sp³-hybridized carbons (Fsp3) is 0.190. The van der Waals surface area contributed by atoms with Gasteiger partial charge in [-0.3, -0.25) is 0 Å². The fourth-order valence-electron chi connectivity index (χ4n) is 2.63. The third-order valence-corrected chi connectivity index (χ3v) is 3.98. The highest BCUT2D eigenvalue weighted by Crippen LogP contribution is 2.21. The minimum atomic E-state index is -0.755. The number of cyclic esters (lactones) is 1. The average Bonchev–Trinajstić information content (AvgIpc) is 3.09. The summed E-state index contributed by atoms with van der Waals surface area (Å²) < 4.78 is 10.3. The maximum Gasteiger partial charge on any atom is 0.343 e. The van der Waals surface area contributed by atoms with Crippen LogP contribution in [-0.4, -0.2) is 30.5 Å². The number of carbonyl (C=O) groups is 2. The fourth-order valence-corrected chi connectivity index (χ4v) is 2.63. The SMILES string of the molecule is C/C=C(/Nc1ccc(C(=O)OCC)cc1)[C@H]1N=C(c2ccccc2)OC1=O. The van der Waals surface area contributed by atoms with Crippen LogP contribution in [0.5, 0.6) is 0 Å². The van der Waals surface area contributed by atoms with Crippen molar-refractivity contribution >= 4 is 23.5 Å². The molecule has 1 atom stereocenters. The van der Waals surface area contributed by atoms with Crippen LogP contribution in [0.4, 0.5) is 5.69 Å². The van der Waals surface area contributed by atoms with Crippen molar-refractivity contribution in [2.45, 2.75) is 19.9 Å². The average molecular weight is 364 g/mol. The Morgan fingerprint density at radius 1 is 1.19 bits per heavy atom. The number of nitrogens with zero attached hydrogens (tertiary/aromatic N) is 1. The molecule has 6 heteroatoms. The van der Waals surface area contributed by atoms with Gasteiger partial charge in [-0.25, -0.2) is 14.6 Å². The number of ether oxygens (including phenoxy) is 2. The van der Waals surface area contributed by atoms with Gasteiger partial charge in [0.15, 0.2) is 6.04 Å². The molecule has 3 rings (SSSR count).